The molecule has 26 heavy (non-hydrogen) atoms. The molecule has 0 radical (unpaired) electrons. The van der Waals surface area contributed by atoms with Gasteiger partial charge in [-0.2, -0.15) is 0 Å². The van der Waals surface area contributed by atoms with Crippen molar-refractivity contribution in [2.75, 3.05) is 12.0 Å². The number of carbonyl (C=O) groups is 3. The Kier molecular flexibility index (Phi) is 4.99. The highest BCUT2D eigenvalue weighted by molar-refractivity contribution is 6.22. The predicted octanol–water partition coefficient (Wildman–Crippen LogP) is 1.57. The van der Waals surface area contributed by atoms with Gasteiger partial charge in [-0.1, -0.05) is 24.3 Å². The molecule has 1 heterocycles. The standard InChI is InChI=1S/C19H19N3O4/c1-12-8-9-14(26-2)10-16(12)22-17(23)11-15(19(22)25)20-21-18(24)13-6-4-3-5-7-13/h3-10,15,20H,11H2,1-2H3,(H,21,24)/t15-/m1/s1. The van der Waals surface area contributed by atoms with Gasteiger partial charge >= 0.3 is 0 Å². The summed E-state index contributed by atoms with van der Waals surface area (Å²) in [7, 11) is 1.52. The lowest BCUT2D eigenvalue weighted by Gasteiger charge is -2.18. The van der Waals surface area contributed by atoms with Crippen LogP contribution in [0.3, 0.4) is 0 Å². The summed E-state index contributed by atoms with van der Waals surface area (Å²) in [6.07, 6.45) is -0.0372. The third kappa shape index (κ3) is 3.43. The molecule has 1 aliphatic heterocycles. The van der Waals surface area contributed by atoms with E-state index in [4.69, 9.17) is 4.74 Å². The van der Waals surface area contributed by atoms with E-state index < -0.39 is 11.9 Å². The summed E-state index contributed by atoms with van der Waals surface area (Å²) in [5, 5.41) is 0. The summed E-state index contributed by atoms with van der Waals surface area (Å²) in [5.41, 5.74) is 6.87. The number of ether oxygens (including phenoxy) is 1. The van der Waals surface area contributed by atoms with E-state index in [-0.39, 0.29) is 18.2 Å². The lowest BCUT2D eigenvalue weighted by atomic mass is 10.1. The average molecular weight is 353 g/mol. The largest absolute Gasteiger partial charge is 0.497 e. The number of carbonyl (C=O) groups excluding carboxylic acids is 3. The van der Waals surface area contributed by atoms with E-state index in [1.165, 1.54) is 7.11 Å². The molecule has 0 aromatic heterocycles. The van der Waals surface area contributed by atoms with Crippen LogP contribution in [-0.2, 0) is 9.59 Å². The number of rotatable bonds is 5. The molecule has 1 atom stereocenters. The number of aryl methyl sites for hydroxylation is 1. The van der Waals surface area contributed by atoms with Gasteiger partial charge in [0.1, 0.15) is 11.8 Å². The molecule has 1 saturated heterocycles. The number of nitrogens with one attached hydrogen (secondary N) is 2. The van der Waals surface area contributed by atoms with Crippen LogP contribution in [0, 0.1) is 6.92 Å². The van der Waals surface area contributed by atoms with Gasteiger partial charge in [-0.15, -0.1) is 0 Å². The molecule has 7 nitrogen and oxygen atoms in total. The van der Waals surface area contributed by atoms with Crippen LogP contribution in [0.1, 0.15) is 22.3 Å². The van der Waals surface area contributed by atoms with Gasteiger partial charge < -0.3 is 4.74 Å². The van der Waals surface area contributed by atoms with Crippen LogP contribution in [0.15, 0.2) is 48.5 Å². The highest BCUT2D eigenvalue weighted by atomic mass is 16.5. The number of benzene rings is 2. The second kappa shape index (κ2) is 7.37. The first-order valence-corrected chi connectivity index (χ1v) is 8.13. The predicted molar refractivity (Wildman–Crippen MR) is 95.7 cm³/mol. The van der Waals surface area contributed by atoms with Crippen molar-refractivity contribution in [2.45, 2.75) is 19.4 Å². The van der Waals surface area contributed by atoms with Crippen LogP contribution in [0.25, 0.3) is 0 Å². The van der Waals surface area contributed by atoms with E-state index in [0.29, 0.717) is 17.0 Å². The summed E-state index contributed by atoms with van der Waals surface area (Å²) < 4.78 is 5.17. The van der Waals surface area contributed by atoms with E-state index >= 15 is 0 Å². The van der Waals surface area contributed by atoms with Gasteiger partial charge in [0.05, 0.1) is 19.2 Å². The monoisotopic (exact) mass is 353 g/mol. The molecule has 3 amide bonds. The molecule has 1 fully saturated rings. The topological polar surface area (TPSA) is 87.7 Å². The minimum absolute atomic E-state index is 0.0372. The fourth-order valence-corrected chi connectivity index (χ4v) is 2.77. The summed E-state index contributed by atoms with van der Waals surface area (Å²) in [4.78, 5) is 38.2. The maximum absolute atomic E-state index is 12.7. The zero-order valence-corrected chi connectivity index (χ0v) is 14.5. The highest BCUT2D eigenvalue weighted by Crippen LogP contribution is 2.29. The summed E-state index contributed by atoms with van der Waals surface area (Å²) in [5.74, 6) is -0.570. The van der Waals surface area contributed by atoms with Crippen molar-refractivity contribution in [1.29, 1.82) is 0 Å². The van der Waals surface area contributed by atoms with Crippen molar-refractivity contribution in [2.24, 2.45) is 0 Å². The van der Waals surface area contributed by atoms with Crippen LogP contribution >= 0.6 is 0 Å². The molecule has 0 aliphatic carbocycles. The lowest BCUT2D eigenvalue weighted by Crippen LogP contribution is -2.48. The fourth-order valence-electron chi connectivity index (χ4n) is 2.77. The van der Waals surface area contributed by atoms with Crippen LogP contribution in [0.2, 0.25) is 0 Å². The van der Waals surface area contributed by atoms with Crippen LogP contribution in [-0.4, -0.2) is 30.9 Å². The average Bonchev–Trinajstić information content (AvgIpc) is 2.94. The SMILES string of the molecule is COc1ccc(C)c(N2C(=O)C[C@@H](NNC(=O)c3ccccc3)C2=O)c1. The minimum Gasteiger partial charge on any atom is -0.497 e. The van der Waals surface area contributed by atoms with Gasteiger partial charge in [-0.3, -0.25) is 19.8 Å². The summed E-state index contributed by atoms with van der Waals surface area (Å²) in [6.45, 7) is 1.81. The molecule has 7 heteroatoms. The molecule has 1 aliphatic rings. The lowest BCUT2D eigenvalue weighted by molar-refractivity contribution is -0.121. The van der Waals surface area contributed by atoms with E-state index in [1.807, 2.05) is 6.92 Å². The molecule has 0 spiro atoms. The summed E-state index contributed by atoms with van der Waals surface area (Å²) in [6, 6.07) is 13.0. The third-order valence-corrected chi connectivity index (χ3v) is 4.20. The second-order valence-electron chi connectivity index (χ2n) is 5.94. The molecule has 2 aromatic rings. The first kappa shape index (κ1) is 17.6. The smallest absolute Gasteiger partial charge is 0.265 e. The molecule has 0 saturated carbocycles. The first-order chi connectivity index (χ1) is 12.5. The van der Waals surface area contributed by atoms with Crippen molar-refractivity contribution in [3.05, 3.63) is 59.7 Å². The maximum Gasteiger partial charge on any atom is 0.265 e. The highest BCUT2D eigenvalue weighted by Gasteiger charge is 2.40. The fraction of sp³-hybridized carbons (Fsp3) is 0.211. The number of methoxy groups -OCH3 is 1. The Hall–Kier alpha value is -3.19. The number of anilines is 1. The molecule has 2 aromatic carbocycles. The Bertz CT molecular complexity index is 851. The third-order valence-electron chi connectivity index (χ3n) is 4.20. The Morgan fingerprint density at radius 2 is 1.88 bits per heavy atom. The molecule has 3 rings (SSSR count). The number of hydrogen-bond acceptors (Lipinski definition) is 5. The summed E-state index contributed by atoms with van der Waals surface area (Å²) >= 11 is 0. The Labute approximate surface area is 150 Å². The number of nitrogens with zero attached hydrogens (tertiary/aromatic N) is 1. The van der Waals surface area contributed by atoms with Gasteiger partial charge in [0, 0.05) is 11.6 Å². The van der Waals surface area contributed by atoms with Crippen LogP contribution in [0.5, 0.6) is 5.75 Å². The molecule has 134 valence electrons. The molecule has 0 unspecified atom stereocenters. The van der Waals surface area contributed by atoms with Gasteiger partial charge in [0.15, 0.2) is 0 Å². The van der Waals surface area contributed by atoms with Gasteiger partial charge in [0.2, 0.25) is 5.91 Å². The van der Waals surface area contributed by atoms with Crippen molar-refractivity contribution in [3.8, 4) is 5.75 Å². The number of hydrazine groups is 1. The van der Waals surface area contributed by atoms with Crippen molar-refractivity contribution < 1.29 is 19.1 Å². The number of amides is 3. The zero-order valence-electron chi connectivity index (χ0n) is 14.5. The van der Waals surface area contributed by atoms with E-state index in [2.05, 4.69) is 10.9 Å². The molecular formula is C19H19N3O4. The van der Waals surface area contributed by atoms with Crippen LogP contribution < -0.4 is 20.5 Å². The second-order valence-corrected chi connectivity index (χ2v) is 5.94. The minimum atomic E-state index is -0.819. The van der Waals surface area contributed by atoms with E-state index in [9.17, 15) is 14.4 Å². The van der Waals surface area contributed by atoms with Crippen molar-refractivity contribution in [1.82, 2.24) is 10.9 Å². The van der Waals surface area contributed by atoms with Gasteiger partial charge in [0.25, 0.3) is 11.8 Å². The Balaban J connectivity index is 1.72. The Morgan fingerprint density at radius 3 is 2.58 bits per heavy atom. The Morgan fingerprint density at radius 1 is 1.15 bits per heavy atom. The maximum atomic E-state index is 12.7. The molecule has 2 N–H and O–H groups in total. The molecular weight excluding hydrogens is 334 g/mol. The van der Waals surface area contributed by atoms with Crippen molar-refractivity contribution >= 4 is 23.4 Å². The van der Waals surface area contributed by atoms with Gasteiger partial charge in [-0.05, 0) is 30.7 Å². The molecule has 0 bridgehead atoms. The quantitative estimate of drug-likeness (QED) is 0.629. The normalized spacial score (nSPS) is 16.7. The van der Waals surface area contributed by atoms with Crippen LogP contribution in [0.4, 0.5) is 5.69 Å². The number of hydrogen-bond donors (Lipinski definition) is 2. The van der Waals surface area contributed by atoms with Gasteiger partial charge in [-0.25, -0.2) is 10.3 Å². The zero-order chi connectivity index (χ0) is 18.7. The van der Waals surface area contributed by atoms with Crippen molar-refractivity contribution in [3.63, 3.8) is 0 Å². The van der Waals surface area contributed by atoms with E-state index in [0.717, 1.165) is 10.5 Å². The number of imide groups is 1. The van der Waals surface area contributed by atoms with E-state index in [1.54, 1.807) is 48.5 Å². The first-order valence-electron chi connectivity index (χ1n) is 8.13.